The number of ether oxygens (including phenoxy) is 1. The molecular formula is C13H20N4O2S2. The van der Waals surface area contributed by atoms with Crippen LogP contribution >= 0.6 is 24.0 Å². The maximum absolute atomic E-state index is 11.3. The number of aromatic nitrogens is 4. The molecule has 2 aromatic rings. The van der Waals surface area contributed by atoms with Crippen LogP contribution in [0.15, 0.2) is 36.9 Å². The number of carbonyl (C=O) groups excluding carboxylic acids is 1. The summed E-state index contributed by atoms with van der Waals surface area (Å²) in [5, 5.41) is 9.88. The van der Waals surface area contributed by atoms with Gasteiger partial charge in [-0.05, 0) is 26.0 Å². The number of hydrogen-bond donors (Lipinski definition) is 1. The summed E-state index contributed by atoms with van der Waals surface area (Å²) in [6.45, 7) is 3.93. The molecule has 0 aromatic carbocycles. The molecule has 0 aliphatic carbocycles. The van der Waals surface area contributed by atoms with Crippen LogP contribution in [0.3, 0.4) is 0 Å². The molecule has 21 heavy (non-hydrogen) atoms. The van der Waals surface area contributed by atoms with Gasteiger partial charge >= 0.3 is 5.97 Å². The van der Waals surface area contributed by atoms with E-state index in [1.165, 1.54) is 11.8 Å². The first-order valence-electron chi connectivity index (χ1n) is 5.96. The molecule has 0 spiro atoms. The van der Waals surface area contributed by atoms with Crippen molar-refractivity contribution in [1.82, 2.24) is 20.0 Å². The Morgan fingerprint density at radius 1 is 1.48 bits per heavy atom. The Kier molecular flexibility index (Phi) is 10.2. The Morgan fingerprint density at radius 3 is 2.67 bits per heavy atom. The summed E-state index contributed by atoms with van der Waals surface area (Å²) in [6, 6.07) is 3.61. The van der Waals surface area contributed by atoms with Gasteiger partial charge in [0.2, 0.25) is 0 Å². The number of nitrogens with zero attached hydrogens (tertiary/aromatic N) is 3. The van der Waals surface area contributed by atoms with Gasteiger partial charge in [-0.2, -0.15) is 10.2 Å². The molecule has 0 saturated heterocycles. The molecular weight excluding hydrogens is 308 g/mol. The fourth-order valence-electron chi connectivity index (χ4n) is 1.10. The number of H-pyrrole nitrogens is 1. The van der Waals surface area contributed by atoms with Gasteiger partial charge in [0, 0.05) is 24.8 Å². The van der Waals surface area contributed by atoms with Crippen molar-refractivity contribution in [3.63, 3.8) is 0 Å². The molecule has 0 aliphatic heterocycles. The Balaban J connectivity index is 0.000000562. The van der Waals surface area contributed by atoms with E-state index in [0.29, 0.717) is 10.9 Å². The summed E-state index contributed by atoms with van der Waals surface area (Å²) < 4.78 is 6.97. The van der Waals surface area contributed by atoms with Crippen molar-refractivity contribution in [2.45, 2.75) is 26.5 Å². The van der Waals surface area contributed by atoms with Gasteiger partial charge in [0.15, 0.2) is 4.32 Å². The van der Waals surface area contributed by atoms with Crippen molar-refractivity contribution in [3.8, 4) is 0 Å². The quantitative estimate of drug-likeness (QED) is 0.690. The van der Waals surface area contributed by atoms with Crippen molar-refractivity contribution in [2.75, 3.05) is 6.61 Å². The zero-order chi connectivity index (χ0) is 14.8. The first-order valence-corrected chi connectivity index (χ1v) is 7.25. The van der Waals surface area contributed by atoms with Gasteiger partial charge in [-0.15, -0.1) is 0 Å². The second kappa shape index (κ2) is 11.0. The molecule has 1 atom stereocenters. The second-order valence-electron chi connectivity index (χ2n) is 3.50. The molecule has 0 radical (unpaired) electrons. The standard InChI is InChI=1S/C9H12N2O2S2.C3H4N2.CH4/c1-3-13-8(12)7(2)15-9(14)11-6-4-5-10-11;1-2-4-5-3-1;/h4-7H,3H2,1-2H3;1-3H,(H,4,5);1H4. The van der Waals surface area contributed by atoms with Crippen molar-refractivity contribution in [1.29, 1.82) is 0 Å². The van der Waals surface area contributed by atoms with E-state index >= 15 is 0 Å². The molecule has 2 aromatic heterocycles. The third kappa shape index (κ3) is 7.62. The monoisotopic (exact) mass is 328 g/mol. The van der Waals surface area contributed by atoms with E-state index in [0.717, 1.165) is 0 Å². The molecule has 2 heterocycles. The molecule has 8 heteroatoms. The zero-order valence-electron chi connectivity index (χ0n) is 11.2. The Morgan fingerprint density at radius 2 is 2.24 bits per heavy atom. The summed E-state index contributed by atoms with van der Waals surface area (Å²) in [5.74, 6) is -0.253. The van der Waals surface area contributed by atoms with E-state index < -0.39 is 0 Å². The molecule has 0 bridgehead atoms. The number of nitrogens with one attached hydrogen (secondary N) is 1. The van der Waals surface area contributed by atoms with Crippen molar-refractivity contribution >= 4 is 34.3 Å². The minimum absolute atomic E-state index is 0. The summed E-state index contributed by atoms with van der Waals surface area (Å²) in [7, 11) is 0. The number of thioether (sulfide) groups is 1. The van der Waals surface area contributed by atoms with Crippen molar-refractivity contribution < 1.29 is 9.53 Å². The van der Waals surface area contributed by atoms with Gasteiger partial charge in [0.1, 0.15) is 5.25 Å². The lowest BCUT2D eigenvalue weighted by Gasteiger charge is -2.10. The van der Waals surface area contributed by atoms with Gasteiger partial charge in [-0.1, -0.05) is 31.4 Å². The largest absolute Gasteiger partial charge is 0.465 e. The van der Waals surface area contributed by atoms with Crippen molar-refractivity contribution in [3.05, 3.63) is 36.9 Å². The third-order valence-electron chi connectivity index (χ3n) is 1.99. The fourth-order valence-corrected chi connectivity index (χ4v) is 2.33. The molecule has 0 amide bonds. The summed E-state index contributed by atoms with van der Waals surface area (Å²) in [5.41, 5.74) is 0. The van der Waals surface area contributed by atoms with Crippen LogP contribution in [0.1, 0.15) is 21.3 Å². The summed E-state index contributed by atoms with van der Waals surface area (Å²) in [4.78, 5) is 11.3. The summed E-state index contributed by atoms with van der Waals surface area (Å²) >= 11 is 6.37. The first kappa shape index (κ1) is 19.3. The first-order chi connectivity index (χ1) is 9.65. The number of aromatic amines is 1. The predicted molar refractivity (Wildman–Crippen MR) is 89.2 cm³/mol. The number of esters is 1. The highest BCUT2D eigenvalue weighted by Gasteiger charge is 2.17. The highest BCUT2D eigenvalue weighted by Crippen LogP contribution is 2.15. The zero-order valence-corrected chi connectivity index (χ0v) is 12.9. The minimum atomic E-state index is -0.304. The molecule has 1 N–H and O–H groups in total. The Labute approximate surface area is 134 Å². The molecule has 0 aliphatic rings. The summed E-state index contributed by atoms with van der Waals surface area (Å²) in [6.07, 6.45) is 6.84. The smallest absolute Gasteiger partial charge is 0.319 e. The van der Waals surface area contributed by atoms with Gasteiger partial charge in [-0.3, -0.25) is 9.89 Å². The average molecular weight is 328 g/mol. The SMILES string of the molecule is C.CCOC(=O)C(C)SC(=S)n1cccn1.c1cn[nH]c1. The maximum Gasteiger partial charge on any atom is 0.319 e. The maximum atomic E-state index is 11.3. The Hall–Kier alpha value is -1.67. The van der Waals surface area contributed by atoms with Gasteiger partial charge in [-0.25, -0.2) is 4.68 Å². The molecule has 6 nitrogen and oxygen atoms in total. The number of carbonyl (C=O) groups is 1. The van der Waals surface area contributed by atoms with E-state index in [2.05, 4.69) is 15.3 Å². The van der Waals surface area contributed by atoms with E-state index in [4.69, 9.17) is 17.0 Å². The van der Waals surface area contributed by atoms with Crippen LogP contribution in [0.25, 0.3) is 0 Å². The van der Waals surface area contributed by atoms with Crippen LogP contribution in [0.2, 0.25) is 0 Å². The molecule has 116 valence electrons. The molecule has 0 saturated carbocycles. The van der Waals surface area contributed by atoms with Crippen LogP contribution < -0.4 is 0 Å². The van der Waals surface area contributed by atoms with Crippen LogP contribution in [-0.2, 0) is 9.53 Å². The number of rotatable bonds is 3. The molecule has 0 fully saturated rings. The average Bonchev–Trinajstić information content (AvgIpc) is 3.14. The highest BCUT2D eigenvalue weighted by atomic mass is 32.2. The number of thiocarbonyl (C=S) groups is 1. The van der Waals surface area contributed by atoms with E-state index in [9.17, 15) is 4.79 Å². The second-order valence-corrected chi connectivity index (χ2v) is 5.47. The van der Waals surface area contributed by atoms with Gasteiger partial charge in [0.25, 0.3) is 0 Å². The lowest BCUT2D eigenvalue weighted by molar-refractivity contribution is -0.142. The molecule has 1 unspecified atom stereocenters. The van der Waals surface area contributed by atoms with E-state index in [1.807, 2.05) is 6.07 Å². The van der Waals surface area contributed by atoms with Crippen molar-refractivity contribution in [2.24, 2.45) is 0 Å². The van der Waals surface area contributed by atoms with E-state index in [1.54, 1.807) is 49.4 Å². The fraction of sp³-hybridized carbons (Fsp3) is 0.385. The van der Waals surface area contributed by atoms with Crippen LogP contribution in [0.4, 0.5) is 0 Å². The molecule has 2 rings (SSSR count). The van der Waals surface area contributed by atoms with Crippen LogP contribution in [0.5, 0.6) is 0 Å². The van der Waals surface area contributed by atoms with Gasteiger partial charge in [0.05, 0.1) is 6.61 Å². The van der Waals surface area contributed by atoms with E-state index in [-0.39, 0.29) is 18.6 Å². The lowest BCUT2D eigenvalue weighted by atomic mass is 10.5. The number of hydrogen-bond acceptors (Lipinski definition) is 6. The third-order valence-corrected chi connectivity index (χ3v) is 3.40. The lowest BCUT2D eigenvalue weighted by Crippen LogP contribution is -2.20. The van der Waals surface area contributed by atoms with Gasteiger partial charge < -0.3 is 4.74 Å². The predicted octanol–water partition coefficient (Wildman–Crippen LogP) is 2.75. The minimum Gasteiger partial charge on any atom is -0.465 e. The normalized spacial score (nSPS) is 10.6. The Bertz CT molecular complexity index is 483. The topological polar surface area (TPSA) is 72.8 Å². The van der Waals surface area contributed by atoms with Crippen LogP contribution in [0, 0.1) is 0 Å². The highest BCUT2D eigenvalue weighted by molar-refractivity contribution is 8.23. The van der Waals surface area contributed by atoms with Crippen LogP contribution in [-0.4, -0.2) is 42.1 Å².